The van der Waals surface area contributed by atoms with E-state index >= 15 is 0 Å². The van der Waals surface area contributed by atoms with Gasteiger partial charge in [-0.2, -0.15) is 4.98 Å². The molecule has 0 saturated heterocycles. The van der Waals surface area contributed by atoms with E-state index in [0.717, 1.165) is 42.2 Å². The Hall–Kier alpha value is -1.89. The first-order chi connectivity index (χ1) is 12.0. The summed E-state index contributed by atoms with van der Waals surface area (Å²) in [5.41, 5.74) is 1.22. The Bertz CT molecular complexity index is 698. The van der Waals surface area contributed by atoms with Crippen molar-refractivity contribution in [2.24, 2.45) is 4.99 Å². The van der Waals surface area contributed by atoms with Gasteiger partial charge in [0, 0.05) is 44.0 Å². The standard InChI is InChI=1S/C18H26BrN5O/c1-13(2)17-22-16(25-23-17)10-7-11-21-18(20-3)24(4)12-14-8-5-6-9-15(14)19/h5-6,8-9,13H,7,10-12H2,1-4H3,(H,20,21). The van der Waals surface area contributed by atoms with Gasteiger partial charge in [0.05, 0.1) is 0 Å². The van der Waals surface area contributed by atoms with Gasteiger partial charge in [-0.1, -0.05) is 53.1 Å². The molecule has 0 amide bonds. The Kier molecular flexibility index (Phi) is 7.43. The van der Waals surface area contributed by atoms with Crippen molar-refractivity contribution in [2.45, 2.75) is 39.2 Å². The molecule has 1 aromatic heterocycles. The average Bonchev–Trinajstić information content (AvgIpc) is 3.06. The number of halogens is 1. The van der Waals surface area contributed by atoms with Crippen molar-refractivity contribution < 1.29 is 4.52 Å². The van der Waals surface area contributed by atoms with Crippen LogP contribution in [0.15, 0.2) is 38.3 Å². The van der Waals surface area contributed by atoms with E-state index in [2.05, 4.69) is 67.3 Å². The molecule has 0 spiro atoms. The number of benzene rings is 1. The molecular formula is C18H26BrN5O. The molecule has 0 aliphatic heterocycles. The third-order valence-corrected chi connectivity index (χ3v) is 4.56. The maximum Gasteiger partial charge on any atom is 0.226 e. The second-order valence-electron chi connectivity index (χ2n) is 6.23. The minimum absolute atomic E-state index is 0.292. The average molecular weight is 408 g/mol. The van der Waals surface area contributed by atoms with Crippen LogP contribution in [0, 0.1) is 0 Å². The highest BCUT2D eigenvalue weighted by atomic mass is 79.9. The zero-order chi connectivity index (χ0) is 18.2. The lowest BCUT2D eigenvalue weighted by Crippen LogP contribution is -2.39. The molecule has 6 nitrogen and oxygen atoms in total. The van der Waals surface area contributed by atoms with Gasteiger partial charge < -0.3 is 14.7 Å². The second-order valence-corrected chi connectivity index (χ2v) is 7.08. The van der Waals surface area contributed by atoms with Crippen molar-refractivity contribution in [3.8, 4) is 0 Å². The van der Waals surface area contributed by atoms with Gasteiger partial charge in [-0.15, -0.1) is 0 Å². The van der Waals surface area contributed by atoms with Crippen molar-refractivity contribution in [1.29, 1.82) is 0 Å². The number of aryl methyl sites for hydroxylation is 1. The zero-order valence-corrected chi connectivity index (χ0v) is 16.9. The van der Waals surface area contributed by atoms with Crippen molar-refractivity contribution in [3.63, 3.8) is 0 Å². The SMILES string of the molecule is CN=C(NCCCc1nc(C(C)C)no1)N(C)Cc1ccccc1Br. The highest BCUT2D eigenvalue weighted by molar-refractivity contribution is 9.10. The van der Waals surface area contributed by atoms with Crippen LogP contribution in [0.4, 0.5) is 0 Å². The van der Waals surface area contributed by atoms with E-state index in [9.17, 15) is 0 Å². The molecule has 7 heteroatoms. The van der Waals surface area contributed by atoms with Gasteiger partial charge in [0.2, 0.25) is 5.89 Å². The fraction of sp³-hybridized carbons (Fsp3) is 0.500. The van der Waals surface area contributed by atoms with Gasteiger partial charge in [0.1, 0.15) is 0 Å². The van der Waals surface area contributed by atoms with Gasteiger partial charge in [-0.05, 0) is 18.1 Å². The second kappa shape index (κ2) is 9.56. The zero-order valence-electron chi connectivity index (χ0n) is 15.3. The Labute approximate surface area is 157 Å². The van der Waals surface area contributed by atoms with Crippen molar-refractivity contribution in [2.75, 3.05) is 20.6 Å². The predicted octanol–water partition coefficient (Wildman–Crippen LogP) is 3.60. The van der Waals surface area contributed by atoms with Crippen LogP contribution in [-0.2, 0) is 13.0 Å². The van der Waals surface area contributed by atoms with Gasteiger partial charge in [-0.3, -0.25) is 4.99 Å². The summed E-state index contributed by atoms with van der Waals surface area (Å²) in [4.78, 5) is 10.8. The number of nitrogens with one attached hydrogen (secondary N) is 1. The highest BCUT2D eigenvalue weighted by Crippen LogP contribution is 2.17. The quantitative estimate of drug-likeness (QED) is 0.431. The summed E-state index contributed by atoms with van der Waals surface area (Å²) in [7, 11) is 3.83. The molecule has 0 aliphatic rings. The minimum Gasteiger partial charge on any atom is -0.356 e. The van der Waals surface area contributed by atoms with E-state index in [4.69, 9.17) is 4.52 Å². The van der Waals surface area contributed by atoms with Gasteiger partial charge in [0.15, 0.2) is 11.8 Å². The molecule has 0 bridgehead atoms. The minimum atomic E-state index is 0.292. The lowest BCUT2D eigenvalue weighted by atomic mass is 10.2. The molecule has 1 heterocycles. The van der Waals surface area contributed by atoms with Crippen LogP contribution in [-0.4, -0.2) is 41.6 Å². The fourth-order valence-electron chi connectivity index (χ4n) is 2.39. The van der Waals surface area contributed by atoms with E-state index in [1.807, 2.05) is 19.2 Å². The first-order valence-electron chi connectivity index (χ1n) is 8.49. The van der Waals surface area contributed by atoms with Crippen LogP contribution in [0.25, 0.3) is 0 Å². The fourth-order valence-corrected chi connectivity index (χ4v) is 2.80. The van der Waals surface area contributed by atoms with E-state index in [1.54, 1.807) is 7.05 Å². The van der Waals surface area contributed by atoms with Crippen molar-refractivity contribution >= 4 is 21.9 Å². The topological polar surface area (TPSA) is 66.5 Å². The number of aliphatic imine (C=N–C) groups is 1. The Morgan fingerprint density at radius 1 is 1.36 bits per heavy atom. The van der Waals surface area contributed by atoms with E-state index < -0.39 is 0 Å². The van der Waals surface area contributed by atoms with Crippen LogP contribution < -0.4 is 5.32 Å². The van der Waals surface area contributed by atoms with Crippen molar-refractivity contribution in [3.05, 3.63) is 46.0 Å². The van der Waals surface area contributed by atoms with E-state index in [1.165, 1.54) is 5.56 Å². The molecule has 0 aliphatic carbocycles. The summed E-state index contributed by atoms with van der Waals surface area (Å²) >= 11 is 3.59. The maximum absolute atomic E-state index is 5.26. The summed E-state index contributed by atoms with van der Waals surface area (Å²) in [5.74, 6) is 2.62. The Morgan fingerprint density at radius 3 is 2.76 bits per heavy atom. The smallest absolute Gasteiger partial charge is 0.226 e. The normalized spacial score (nSPS) is 11.8. The molecule has 1 N–H and O–H groups in total. The van der Waals surface area contributed by atoms with Crippen LogP contribution in [0.5, 0.6) is 0 Å². The highest BCUT2D eigenvalue weighted by Gasteiger charge is 2.10. The Morgan fingerprint density at radius 2 is 2.12 bits per heavy atom. The maximum atomic E-state index is 5.26. The first-order valence-corrected chi connectivity index (χ1v) is 9.28. The summed E-state index contributed by atoms with van der Waals surface area (Å²) in [6.07, 6.45) is 1.67. The molecule has 1 aromatic carbocycles. The number of hydrogen-bond donors (Lipinski definition) is 1. The summed E-state index contributed by atoms with van der Waals surface area (Å²) in [6.45, 7) is 5.69. The third-order valence-electron chi connectivity index (χ3n) is 3.79. The molecule has 2 rings (SSSR count). The summed E-state index contributed by atoms with van der Waals surface area (Å²) in [6, 6.07) is 8.22. The van der Waals surface area contributed by atoms with Gasteiger partial charge in [-0.25, -0.2) is 0 Å². The number of nitrogens with zero attached hydrogens (tertiary/aromatic N) is 4. The molecule has 0 fully saturated rings. The molecule has 2 aromatic rings. The van der Waals surface area contributed by atoms with Crippen LogP contribution in [0.2, 0.25) is 0 Å². The van der Waals surface area contributed by atoms with Crippen LogP contribution in [0.1, 0.15) is 43.5 Å². The van der Waals surface area contributed by atoms with Crippen LogP contribution in [0.3, 0.4) is 0 Å². The lowest BCUT2D eigenvalue weighted by molar-refractivity contribution is 0.368. The molecule has 0 radical (unpaired) electrons. The van der Waals surface area contributed by atoms with Gasteiger partial charge >= 0.3 is 0 Å². The van der Waals surface area contributed by atoms with Crippen molar-refractivity contribution in [1.82, 2.24) is 20.4 Å². The van der Waals surface area contributed by atoms with Crippen LogP contribution >= 0.6 is 15.9 Å². The molecule has 0 unspecified atom stereocenters. The van der Waals surface area contributed by atoms with E-state index in [-0.39, 0.29) is 0 Å². The third kappa shape index (κ3) is 5.85. The number of hydrogen-bond acceptors (Lipinski definition) is 4. The molecule has 25 heavy (non-hydrogen) atoms. The molecule has 136 valence electrons. The number of guanidine groups is 1. The van der Waals surface area contributed by atoms with E-state index in [0.29, 0.717) is 11.8 Å². The summed E-state index contributed by atoms with van der Waals surface area (Å²) < 4.78 is 6.37. The summed E-state index contributed by atoms with van der Waals surface area (Å²) in [5, 5.41) is 7.37. The number of aromatic nitrogens is 2. The number of rotatable bonds is 7. The van der Waals surface area contributed by atoms with Gasteiger partial charge in [0.25, 0.3) is 0 Å². The predicted molar refractivity (Wildman–Crippen MR) is 104 cm³/mol. The molecule has 0 saturated carbocycles. The molecular weight excluding hydrogens is 382 g/mol. The Balaban J connectivity index is 1.78. The largest absolute Gasteiger partial charge is 0.356 e. The lowest BCUT2D eigenvalue weighted by Gasteiger charge is -2.22. The first kappa shape index (κ1) is 19.4. The molecule has 0 atom stereocenters. The monoisotopic (exact) mass is 407 g/mol.